The average molecular weight is 253 g/mol. The minimum absolute atomic E-state index is 0.187. The molecule has 1 aromatic rings. The Labute approximate surface area is 109 Å². The molecule has 0 aromatic heterocycles. The first-order chi connectivity index (χ1) is 8.31. The molecule has 94 valence electrons. The predicted molar refractivity (Wildman–Crippen MR) is 72.7 cm³/mol. The fourth-order valence-electron chi connectivity index (χ4n) is 2.80. The van der Waals surface area contributed by atoms with Gasteiger partial charge in [0.25, 0.3) is 0 Å². The van der Waals surface area contributed by atoms with Crippen LogP contribution in [0.3, 0.4) is 0 Å². The zero-order chi connectivity index (χ0) is 12.1. The first-order valence-corrected chi connectivity index (χ1v) is 6.89. The fraction of sp³-hybridized carbons (Fsp3) is 0.571. The van der Waals surface area contributed by atoms with Gasteiger partial charge in [-0.2, -0.15) is 0 Å². The lowest BCUT2D eigenvalue weighted by atomic mass is 9.83. The topological polar surface area (TPSA) is 38.0 Å². The van der Waals surface area contributed by atoms with E-state index in [2.05, 4.69) is 11.5 Å². The lowest BCUT2D eigenvalue weighted by molar-refractivity contribution is 0.301. The van der Waals surface area contributed by atoms with Crippen molar-refractivity contribution in [1.82, 2.24) is 5.43 Å². The van der Waals surface area contributed by atoms with E-state index in [0.29, 0.717) is 0 Å². The first kappa shape index (κ1) is 12.9. The first-order valence-electron chi connectivity index (χ1n) is 6.52. The third-order valence-electron chi connectivity index (χ3n) is 3.78. The van der Waals surface area contributed by atoms with E-state index in [4.69, 9.17) is 17.4 Å². The van der Waals surface area contributed by atoms with Crippen LogP contribution in [0.1, 0.15) is 50.1 Å². The van der Waals surface area contributed by atoms with Crippen LogP contribution in [-0.2, 0) is 0 Å². The molecule has 0 saturated heterocycles. The molecule has 3 heteroatoms. The van der Waals surface area contributed by atoms with Gasteiger partial charge in [0.15, 0.2) is 0 Å². The van der Waals surface area contributed by atoms with Crippen LogP contribution in [0.25, 0.3) is 0 Å². The maximum atomic E-state index is 6.22. The maximum Gasteiger partial charge on any atom is 0.0477 e. The Morgan fingerprint density at radius 3 is 2.59 bits per heavy atom. The van der Waals surface area contributed by atoms with Gasteiger partial charge < -0.3 is 0 Å². The van der Waals surface area contributed by atoms with Gasteiger partial charge in [-0.15, -0.1) is 0 Å². The molecule has 1 atom stereocenters. The molecule has 0 aliphatic heterocycles. The number of benzene rings is 1. The van der Waals surface area contributed by atoms with Gasteiger partial charge in [-0.25, -0.2) is 0 Å². The zero-order valence-electron chi connectivity index (χ0n) is 10.2. The Balaban J connectivity index is 2.03. The summed E-state index contributed by atoms with van der Waals surface area (Å²) in [6.45, 7) is 0. The average Bonchev–Trinajstić information content (AvgIpc) is 2.38. The monoisotopic (exact) mass is 252 g/mol. The molecule has 1 fully saturated rings. The summed E-state index contributed by atoms with van der Waals surface area (Å²) in [5.74, 6) is 6.47. The molecule has 1 aliphatic carbocycles. The van der Waals surface area contributed by atoms with Crippen molar-refractivity contribution >= 4 is 11.6 Å². The van der Waals surface area contributed by atoms with Crippen molar-refractivity contribution in [2.75, 3.05) is 0 Å². The summed E-state index contributed by atoms with van der Waals surface area (Å²) in [5.41, 5.74) is 4.05. The van der Waals surface area contributed by atoms with E-state index in [1.807, 2.05) is 18.2 Å². The molecule has 2 rings (SSSR count). The number of halogens is 1. The number of rotatable bonds is 4. The van der Waals surface area contributed by atoms with Crippen LogP contribution in [-0.4, -0.2) is 0 Å². The molecule has 17 heavy (non-hydrogen) atoms. The van der Waals surface area contributed by atoms with Crippen LogP contribution in [0.5, 0.6) is 0 Å². The van der Waals surface area contributed by atoms with E-state index in [0.717, 1.165) is 22.9 Å². The molecule has 2 nitrogen and oxygen atoms in total. The molecular formula is C14H21ClN2. The van der Waals surface area contributed by atoms with Crippen molar-refractivity contribution in [3.8, 4) is 0 Å². The van der Waals surface area contributed by atoms with Crippen molar-refractivity contribution in [3.05, 3.63) is 34.9 Å². The third-order valence-corrected chi connectivity index (χ3v) is 4.12. The fourth-order valence-corrected chi connectivity index (χ4v) is 3.07. The summed E-state index contributed by atoms with van der Waals surface area (Å²) in [4.78, 5) is 0. The Hall–Kier alpha value is -0.570. The Kier molecular flexibility index (Phi) is 4.84. The minimum Gasteiger partial charge on any atom is -0.271 e. The van der Waals surface area contributed by atoms with Gasteiger partial charge in [0.05, 0.1) is 0 Å². The second-order valence-electron chi connectivity index (χ2n) is 4.98. The second-order valence-corrected chi connectivity index (χ2v) is 5.39. The van der Waals surface area contributed by atoms with E-state index in [9.17, 15) is 0 Å². The molecule has 0 heterocycles. The molecule has 0 bridgehead atoms. The van der Waals surface area contributed by atoms with Crippen LogP contribution < -0.4 is 11.3 Å². The summed E-state index contributed by atoms with van der Waals surface area (Å²) < 4.78 is 0. The number of hydrazine groups is 1. The Bertz CT molecular complexity index is 348. The molecule has 0 radical (unpaired) electrons. The van der Waals surface area contributed by atoms with E-state index >= 15 is 0 Å². The number of nitrogens with two attached hydrogens (primary N) is 1. The maximum absolute atomic E-state index is 6.22. The van der Waals surface area contributed by atoms with E-state index in [1.54, 1.807) is 0 Å². The highest BCUT2D eigenvalue weighted by Crippen LogP contribution is 2.33. The van der Waals surface area contributed by atoms with Gasteiger partial charge in [0.1, 0.15) is 0 Å². The van der Waals surface area contributed by atoms with Crippen molar-refractivity contribution < 1.29 is 0 Å². The van der Waals surface area contributed by atoms with Crippen molar-refractivity contribution in [3.63, 3.8) is 0 Å². The van der Waals surface area contributed by atoms with Crippen molar-refractivity contribution in [2.45, 2.75) is 44.6 Å². The van der Waals surface area contributed by atoms with Gasteiger partial charge >= 0.3 is 0 Å². The lowest BCUT2D eigenvalue weighted by Crippen LogP contribution is -2.30. The molecular weight excluding hydrogens is 232 g/mol. The van der Waals surface area contributed by atoms with E-state index in [1.165, 1.54) is 32.1 Å². The standard InChI is InChI=1S/C14H21ClN2/c15-13-9-5-4-8-12(13)14(17-16)10-11-6-2-1-3-7-11/h4-5,8-9,11,14,17H,1-3,6-7,10,16H2. The summed E-state index contributed by atoms with van der Waals surface area (Å²) in [6.07, 6.45) is 7.89. The van der Waals surface area contributed by atoms with E-state index in [-0.39, 0.29) is 6.04 Å². The molecule has 1 saturated carbocycles. The SMILES string of the molecule is NNC(CC1CCCCC1)c1ccccc1Cl. The number of nitrogens with one attached hydrogen (secondary N) is 1. The van der Waals surface area contributed by atoms with Gasteiger partial charge in [-0.05, 0) is 24.0 Å². The summed E-state index contributed by atoms with van der Waals surface area (Å²) in [6, 6.07) is 8.16. The van der Waals surface area contributed by atoms with Crippen LogP contribution in [0.2, 0.25) is 5.02 Å². The zero-order valence-corrected chi connectivity index (χ0v) is 10.9. The number of hydrogen-bond donors (Lipinski definition) is 2. The summed E-state index contributed by atoms with van der Waals surface area (Å²) in [7, 11) is 0. The van der Waals surface area contributed by atoms with Crippen LogP contribution in [0.4, 0.5) is 0 Å². The molecule has 1 aromatic carbocycles. The van der Waals surface area contributed by atoms with Crippen molar-refractivity contribution in [2.24, 2.45) is 11.8 Å². The second kappa shape index (κ2) is 6.39. The molecule has 0 spiro atoms. The molecule has 3 N–H and O–H groups in total. The molecule has 1 unspecified atom stereocenters. The third kappa shape index (κ3) is 3.44. The normalized spacial score (nSPS) is 19.2. The van der Waals surface area contributed by atoms with Crippen LogP contribution in [0.15, 0.2) is 24.3 Å². The lowest BCUT2D eigenvalue weighted by Gasteiger charge is -2.26. The number of hydrogen-bond acceptors (Lipinski definition) is 2. The summed E-state index contributed by atoms with van der Waals surface area (Å²) >= 11 is 6.22. The molecule has 1 aliphatic rings. The van der Waals surface area contributed by atoms with E-state index < -0.39 is 0 Å². The van der Waals surface area contributed by atoms with Gasteiger partial charge in [0.2, 0.25) is 0 Å². The van der Waals surface area contributed by atoms with Gasteiger partial charge in [-0.1, -0.05) is 61.9 Å². The predicted octanol–water partition coefficient (Wildman–Crippen LogP) is 3.81. The Morgan fingerprint density at radius 2 is 1.94 bits per heavy atom. The van der Waals surface area contributed by atoms with Crippen LogP contribution >= 0.6 is 11.6 Å². The highest BCUT2D eigenvalue weighted by Gasteiger charge is 2.20. The van der Waals surface area contributed by atoms with Gasteiger partial charge in [-0.3, -0.25) is 11.3 Å². The smallest absolute Gasteiger partial charge is 0.0477 e. The quantitative estimate of drug-likeness (QED) is 0.632. The van der Waals surface area contributed by atoms with Crippen molar-refractivity contribution in [1.29, 1.82) is 0 Å². The molecule has 0 amide bonds. The highest BCUT2D eigenvalue weighted by atomic mass is 35.5. The minimum atomic E-state index is 0.187. The summed E-state index contributed by atoms with van der Waals surface area (Å²) in [5, 5.41) is 0.811. The Morgan fingerprint density at radius 1 is 1.24 bits per heavy atom. The largest absolute Gasteiger partial charge is 0.271 e. The van der Waals surface area contributed by atoms with Gasteiger partial charge in [0, 0.05) is 11.1 Å². The van der Waals surface area contributed by atoms with Crippen LogP contribution in [0, 0.1) is 5.92 Å². The highest BCUT2D eigenvalue weighted by molar-refractivity contribution is 6.31.